The largest absolute Gasteiger partial charge is 0.507 e. The molecule has 0 aromatic heterocycles. The van der Waals surface area contributed by atoms with E-state index in [2.05, 4.69) is 15.9 Å². The van der Waals surface area contributed by atoms with Gasteiger partial charge in [0.25, 0.3) is 17.4 Å². The van der Waals surface area contributed by atoms with Crippen molar-refractivity contribution in [1.29, 1.82) is 0 Å². The number of benzene rings is 3. The minimum atomic E-state index is -1.03. The Morgan fingerprint density at radius 3 is 2.29 bits per heavy atom. The Kier molecular flexibility index (Phi) is 5.39. The number of nitrogens with zero attached hydrogens (tertiary/aromatic N) is 2. The van der Waals surface area contributed by atoms with E-state index < -0.39 is 22.7 Å². The topological polar surface area (TPSA) is 101 Å². The number of hydrogen-bond acceptors (Lipinski definition) is 5. The summed E-state index contributed by atoms with van der Waals surface area (Å²) in [7, 11) is 0. The molecule has 0 bridgehead atoms. The van der Waals surface area contributed by atoms with Crippen LogP contribution in [0.25, 0.3) is 5.76 Å². The number of amides is 1. The molecule has 1 atom stereocenters. The number of carbonyl (C=O) groups is 2. The number of carbonyl (C=O) groups excluding carboxylic acids is 2. The number of rotatable bonds is 4. The minimum Gasteiger partial charge on any atom is -0.507 e. The van der Waals surface area contributed by atoms with Crippen LogP contribution in [-0.2, 0) is 9.59 Å². The van der Waals surface area contributed by atoms with Crippen molar-refractivity contribution >= 4 is 44.8 Å². The average Bonchev–Trinajstić information content (AvgIpc) is 3.05. The molecule has 1 fully saturated rings. The molecule has 1 saturated heterocycles. The Morgan fingerprint density at radius 2 is 1.65 bits per heavy atom. The summed E-state index contributed by atoms with van der Waals surface area (Å²) in [6, 6.07) is 19.8. The van der Waals surface area contributed by atoms with Crippen molar-refractivity contribution in [3.8, 4) is 0 Å². The van der Waals surface area contributed by atoms with E-state index in [1.807, 2.05) is 0 Å². The van der Waals surface area contributed by atoms with Gasteiger partial charge in [0.15, 0.2) is 0 Å². The van der Waals surface area contributed by atoms with Crippen LogP contribution in [-0.4, -0.2) is 21.7 Å². The number of aliphatic hydroxyl groups is 1. The first-order valence-corrected chi connectivity index (χ1v) is 10.0. The number of halogens is 1. The van der Waals surface area contributed by atoms with Crippen LogP contribution in [0.2, 0.25) is 0 Å². The van der Waals surface area contributed by atoms with Crippen molar-refractivity contribution in [3.63, 3.8) is 0 Å². The van der Waals surface area contributed by atoms with Crippen LogP contribution < -0.4 is 4.90 Å². The molecule has 3 aromatic carbocycles. The molecule has 154 valence electrons. The summed E-state index contributed by atoms with van der Waals surface area (Å²) in [6.45, 7) is 0. The second-order valence-electron chi connectivity index (χ2n) is 6.86. The van der Waals surface area contributed by atoms with Gasteiger partial charge in [-0.1, -0.05) is 58.4 Å². The number of non-ortho nitro benzene ring substituents is 1. The minimum absolute atomic E-state index is 0.125. The maximum atomic E-state index is 13.0. The summed E-state index contributed by atoms with van der Waals surface area (Å²) in [5, 5.41) is 22.3. The zero-order valence-corrected chi connectivity index (χ0v) is 17.5. The molecule has 4 rings (SSSR count). The van der Waals surface area contributed by atoms with Gasteiger partial charge in [0, 0.05) is 27.9 Å². The van der Waals surface area contributed by atoms with E-state index in [4.69, 9.17) is 0 Å². The molecule has 8 heteroatoms. The van der Waals surface area contributed by atoms with Crippen molar-refractivity contribution in [1.82, 2.24) is 0 Å². The summed E-state index contributed by atoms with van der Waals surface area (Å²) in [6.07, 6.45) is 0. The number of ketones is 1. The lowest BCUT2D eigenvalue weighted by molar-refractivity contribution is -0.384. The number of aliphatic hydroxyl groups excluding tert-OH is 1. The monoisotopic (exact) mass is 478 g/mol. The molecular formula is C23H15BrN2O5. The van der Waals surface area contributed by atoms with Crippen LogP contribution in [0.5, 0.6) is 0 Å². The Balaban J connectivity index is 1.97. The molecule has 0 unspecified atom stereocenters. The molecule has 7 nitrogen and oxygen atoms in total. The van der Waals surface area contributed by atoms with Crippen LogP contribution in [0.4, 0.5) is 11.4 Å². The maximum Gasteiger partial charge on any atom is 0.300 e. The lowest BCUT2D eigenvalue weighted by atomic mass is 9.95. The molecular weight excluding hydrogens is 464 g/mol. The first kappa shape index (κ1) is 20.5. The zero-order valence-electron chi connectivity index (χ0n) is 15.9. The highest BCUT2D eigenvalue weighted by molar-refractivity contribution is 9.10. The second-order valence-corrected chi connectivity index (χ2v) is 7.78. The fraction of sp³-hybridized carbons (Fsp3) is 0.0435. The first-order valence-electron chi connectivity index (χ1n) is 9.25. The van der Waals surface area contributed by atoms with Gasteiger partial charge in [-0.15, -0.1) is 0 Å². The van der Waals surface area contributed by atoms with Crippen molar-refractivity contribution in [2.45, 2.75) is 6.04 Å². The van der Waals surface area contributed by atoms with E-state index in [9.17, 15) is 24.8 Å². The van der Waals surface area contributed by atoms with Gasteiger partial charge in [0.2, 0.25) is 0 Å². The van der Waals surface area contributed by atoms with E-state index in [1.54, 1.807) is 60.7 Å². The third kappa shape index (κ3) is 3.73. The molecule has 1 N–H and O–H groups in total. The molecule has 0 saturated carbocycles. The van der Waals surface area contributed by atoms with Gasteiger partial charge >= 0.3 is 0 Å². The van der Waals surface area contributed by atoms with Gasteiger partial charge in [-0.2, -0.15) is 0 Å². The van der Waals surface area contributed by atoms with Gasteiger partial charge in [-0.3, -0.25) is 24.6 Å². The number of nitro benzene ring substituents is 1. The lowest BCUT2D eigenvalue weighted by Gasteiger charge is -2.25. The van der Waals surface area contributed by atoms with Gasteiger partial charge in [-0.25, -0.2) is 0 Å². The zero-order chi connectivity index (χ0) is 22.1. The average molecular weight is 479 g/mol. The van der Waals surface area contributed by atoms with Crippen LogP contribution in [0, 0.1) is 10.1 Å². The highest BCUT2D eigenvalue weighted by Crippen LogP contribution is 2.42. The van der Waals surface area contributed by atoms with Gasteiger partial charge in [0.1, 0.15) is 5.76 Å². The predicted octanol–water partition coefficient (Wildman–Crippen LogP) is 4.98. The van der Waals surface area contributed by atoms with Crippen molar-refractivity contribution in [2.75, 3.05) is 4.90 Å². The molecule has 0 radical (unpaired) electrons. The molecule has 1 amide bonds. The molecule has 0 aliphatic carbocycles. The Hall–Kier alpha value is -3.78. The summed E-state index contributed by atoms with van der Waals surface area (Å²) >= 11 is 3.34. The van der Waals surface area contributed by atoms with Crippen molar-refractivity contribution in [2.24, 2.45) is 0 Å². The van der Waals surface area contributed by atoms with Gasteiger partial charge in [0.05, 0.1) is 16.5 Å². The molecule has 0 spiro atoms. The summed E-state index contributed by atoms with van der Waals surface area (Å²) in [5.74, 6) is -2.02. The quantitative estimate of drug-likeness (QED) is 0.187. The fourth-order valence-corrected chi connectivity index (χ4v) is 3.84. The third-order valence-electron chi connectivity index (χ3n) is 4.99. The SMILES string of the molecule is O=C1C(=O)N(c2ccc(Br)cc2)[C@@H](c2cccc([N+](=O)[O-])c2)/C1=C(\O)c1ccccc1. The molecule has 31 heavy (non-hydrogen) atoms. The fourth-order valence-electron chi connectivity index (χ4n) is 3.58. The molecule has 1 aliphatic heterocycles. The molecule has 3 aromatic rings. The highest BCUT2D eigenvalue weighted by atomic mass is 79.9. The predicted molar refractivity (Wildman–Crippen MR) is 118 cm³/mol. The number of hydrogen-bond donors (Lipinski definition) is 1. The summed E-state index contributed by atoms with van der Waals surface area (Å²) in [5.41, 5.74) is 0.827. The smallest absolute Gasteiger partial charge is 0.300 e. The third-order valence-corrected chi connectivity index (χ3v) is 5.52. The number of nitro groups is 1. The van der Waals surface area contributed by atoms with Crippen LogP contribution in [0.1, 0.15) is 17.2 Å². The van der Waals surface area contributed by atoms with Gasteiger partial charge in [-0.05, 0) is 29.8 Å². The van der Waals surface area contributed by atoms with Crippen molar-refractivity contribution in [3.05, 3.63) is 110 Å². The second kappa shape index (κ2) is 8.16. The standard InChI is InChI=1S/C23H15BrN2O5/c24-16-9-11-17(12-10-16)25-20(15-7-4-8-18(13-15)26(30)31)19(22(28)23(25)29)21(27)14-5-2-1-3-6-14/h1-13,20,27H/b21-19+/t20-/m0/s1. The first-order chi connectivity index (χ1) is 14.9. The number of anilines is 1. The van der Waals surface area contributed by atoms with E-state index >= 15 is 0 Å². The van der Waals surface area contributed by atoms with Crippen LogP contribution in [0.3, 0.4) is 0 Å². The maximum absolute atomic E-state index is 13.0. The summed E-state index contributed by atoms with van der Waals surface area (Å²) < 4.78 is 0.781. The van der Waals surface area contributed by atoms with E-state index in [-0.39, 0.29) is 17.0 Å². The Labute approximate surface area is 185 Å². The van der Waals surface area contributed by atoms with E-state index in [0.717, 1.165) is 4.47 Å². The summed E-state index contributed by atoms with van der Waals surface area (Å²) in [4.78, 5) is 38.1. The Bertz CT molecular complexity index is 1220. The Morgan fingerprint density at radius 1 is 0.968 bits per heavy atom. The van der Waals surface area contributed by atoms with E-state index in [0.29, 0.717) is 16.8 Å². The van der Waals surface area contributed by atoms with E-state index in [1.165, 1.54) is 23.1 Å². The van der Waals surface area contributed by atoms with Gasteiger partial charge < -0.3 is 5.11 Å². The molecule has 1 aliphatic rings. The normalized spacial score (nSPS) is 17.7. The number of Topliss-reactive ketones (excluding diaryl/α,β-unsaturated/α-hetero) is 1. The van der Waals surface area contributed by atoms with Crippen LogP contribution >= 0.6 is 15.9 Å². The highest BCUT2D eigenvalue weighted by Gasteiger charge is 2.47. The van der Waals surface area contributed by atoms with Crippen molar-refractivity contribution < 1.29 is 19.6 Å². The van der Waals surface area contributed by atoms with Crippen LogP contribution in [0.15, 0.2) is 88.9 Å². The molecule has 1 heterocycles. The lowest BCUT2D eigenvalue weighted by Crippen LogP contribution is -2.29.